The first-order chi connectivity index (χ1) is 6.94. The van der Waals surface area contributed by atoms with Crippen molar-refractivity contribution in [2.45, 2.75) is 31.6 Å². The van der Waals surface area contributed by atoms with E-state index >= 15 is 0 Å². The standard InChI is InChI=1S/C12H20ClNSi/c1-15(2,3)9-10(8-14)11-6-4-5-7-12(11)13/h4-7,10H,8-9,14H2,1-3H3. The van der Waals surface area contributed by atoms with Crippen molar-refractivity contribution in [1.29, 1.82) is 0 Å². The molecule has 1 aromatic carbocycles. The van der Waals surface area contributed by atoms with Crippen LogP contribution < -0.4 is 5.73 Å². The van der Waals surface area contributed by atoms with Gasteiger partial charge in [0.15, 0.2) is 0 Å². The summed E-state index contributed by atoms with van der Waals surface area (Å²) in [5, 5.41) is 0.853. The van der Waals surface area contributed by atoms with Crippen molar-refractivity contribution in [2.75, 3.05) is 6.54 Å². The molecule has 0 spiro atoms. The third-order valence-electron chi connectivity index (χ3n) is 2.49. The van der Waals surface area contributed by atoms with E-state index in [1.807, 2.05) is 18.2 Å². The molecule has 0 bridgehead atoms. The zero-order valence-corrected chi connectivity index (χ0v) is 11.5. The van der Waals surface area contributed by atoms with Gasteiger partial charge < -0.3 is 5.73 Å². The number of nitrogens with two attached hydrogens (primary N) is 1. The van der Waals surface area contributed by atoms with Gasteiger partial charge in [0.25, 0.3) is 0 Å². The number of rotatable bonds is 4. The van der Waals surface area contributed by atoms with Gasteiger partial charge in [-0.25, -0.2) is 0 Å². The van der Waals surface area contributed by atoms with Crippen molar-refractivity contribution in [2.24, 2.45) is 5.73 Å². The van der Waals surface area contributed by atoms with Crippen molar-refractivity contribution in [3.63, 3.8) is 0 Å². The first kappa shape index (κ1) is 12.8. The summed E-state index contributed by atoms with van der Waals surface area (Å²) in [5.74, 6) is 0.422. The predicted molar refractivity (Wildman–Crippen MR) is 71.4 cm³/mol. The minimum atomic E-state index is -1.09. The van der Waals surface area contributed by atoms with Crippen LogP contribution in [0, 0.1) is 0 Å². The van der Waals surface area contributed by atoms with Crippen LogP contribution in [0.5, 0.6) is 0 Å². The summed E-state index contributed by atoms with van der Waals surface area (Å²) in [6, 6.07) is 9.25. The van der Waals surface area contributed by atoms with Crippen LogP contribution in [0.2, 0.25) is 30.7 Å². The Balaban J connectivity index is 2.88. The van der Waals surface area contributed by atoms with Gasteiger partial charge in [-0.1, -0.05) is 49.4 Å². The Kier molecular flexibility index (Phi) is 4.38. The van der Waals surface area contributed by atoms with Crippen LogP contribution in [-0.2, 0) is 0 Å². The SMILES string of the molecule is C[Si](C)(C)CC(CN)c1ccccc1Cl. The highest BCUT2D eigenvalue weighted by atomic mass is 35.5. The molecule has 0 radical (unpaired) electrons. The maximum atomic E-state index is 6.19. The fourth-order valence-electron chi connectivity index (χ4n) is 1.87. The molecule has 3 heteroatoms. The zero-order chi connectivity index (χ0) is 11.5. The molecule has 1 atom stereocenters. The summed E-state index contributed by atoms with van der Waals surface area (Å²) in [5.41, 5.74) is 7.06. The second-order valence-corrected chi connectivity index (χ2v) is 11.2. The maximum absolute atomic E-state index is 6.19. The summed E-state index contributed by atoms with van der Waals surface area (Å²) < 4.78 is 0. The average molecular weight is 242 g/mol. The molecule has 0 saturated carbocycles. The lowest BCUT2D eigenvalue weighted by atomic mass is 10.0. The minimum absolute atomic E-state index is 0.422. The van der Waals surface area contributed by atoms with E-state index in [2.05, 4.69) is 25.7 Å². The molecule has 1 unspecified atom stereocenters. The lowest BCUT2D eigenvalue weighted by Gasteiger charge is -2.24. The highest BCUT2D eigenvalue weighted by Crippen LogP contribution is 2.30. The van der Waals surface area contributed by atoms with E-state index < -0.39 is 8.07 Å². The van der Waals surface area contributed by atoms with Crippen molar-refractivity contribution in [1.82, 2.24) is 0 Å². The largest absolute Gasteiger partial charge is 0.330 e. The molecule has 0 fully saturated rings. The van der Waals surface area contributed by atoms with Crippen LogP contribution in [0.4, 0.5) is 0 Å². The normalized spacial score (nSPS) is 13.9. The van der Waals surface area contributed by atoms with Gasteiger partial charge in [-0.2, -0.15) is 0 Å². The smallest absolute Gasteiger partial charge is 0.0449 e. The van der Waals surface area contributed by atoms with Gasteiger partial charge in [-0.15, -0.1) is 0 Å². The molecule has 0 aliphatic rings. The highest BCUT2D eigenvalue weighted by molar-refractivity contribution is 6.76. The number of hydrogen-bond acceptors (Lipinski definition) is 1. The molecule has 0 aliphatic carbocycles. The van der Waals surface area contributed by atoms with E-state index in [1.54, 1.807) is 0 Å². The quantitative estimate of drug-likeness (QED) is 0.799. The van der Waals surface area contributed by atoms with Gasteiger partial charge in [0.05, 0.1) is 0 Å². The molecular formula is C12H20ClNSi. The second kappa shape index (κ2) is 5.15. The Morgan fingerprint density at radius 1 is 1.27 bits per heavy atom. The zero-order valence-electron chi connectivity index (χ0n) is 9.76. The lowest BCUT2D eigenvalue weighted by Crippen LogP contribution is -2.26. The topological polar surface area (TPSA) is 26.0 Å². The maximum Gasteiger partial charge on any atom is 0.0449 e. The third-order valence-corrected chi connectivity index (χ3v) is 4.55. The molecule has 0 amide bonds. The van der Waals surface area contributed by atoms with Crippen molar-refractivity contribution < 1.29 is 0 Å². The Labute approximate surface area is 98.6 Å². The molecule has 1 rings (SSSR count). The molecule has 1 nitrogen and oxygen atoms in total. The number of hydrogen-bond donors (Lipinski definition) is 1. The van der Waals surface area contributed by atoms with Crippen LogP contribution in [0.1, 0.15) is 11.5 Å². The van der Waals surface area contributed by atoms with Crippen LogP contribution in [-0.4, -0.2) is 14.6 Å². The molecule has 84 valence electrons. The van der Waals surface area contributed by atoms with E-state index in [1.165, 1.54) is 11.6 Å². The fourth-order valence-corrected chi connectivity index (χ4v) is 4.02. The Morgan fingerprint density at radius 3 is 2.33 bits per heavy atom. The molecule has 0 saturated heterocycles. The molecule has 0 aromatic heterocycles. The van der Waals surface area contributed by atoms with Crippen LogP contribution >= 0.6 is 11.6 Å². The third kappa shape index (κ3) is 3.97. The van der Waals surface area contributed by atoms with Gasteiger partial charge in [-0.3, -0.25) is 0 Å². The summed E-state index contributed by atoms with van der Waals surface area (Å²) in [4.78, 5) is 0. The molecule has 2 N–H and O–H groups in total. The first-order valence-corrected chi connectivity index (χ1v) is 9.47. The summed E-state index contributed by atoms with van der Waals surface area (Å²) in [6.45, 7) is 7.79. The monoisotopic (exact) mass is 241 g/mol. The van der Waals surface area contributed by atoms with E-state index in [0.29, 0.717) is 12.5 Å². The van der Waals surface area contributed by atoms with E-state index in [4.69, 9.17) is 17.3 Å². The van der Waals surface area contributed by atoms with E-state index in [9.17, 15) is 0 Å². The van der Waals surface area contributed by atoms with E-state index in [0.717, 1.165) is 5.02 Å². The van der Waals surface area contributed by atoms with Gasteiger partial charge in [0, 0.05) is 13.1 Å². The second-order valence-electron chi connectivity index (χ2n) is 5.22. The lowest BCUT2D eigenvalue weighted by molar-refractivity contribution is 0.760. The van der Waals surface area contributed by atoms with Gasteiger partial charge in [-0.05, 0) is 30.1 Å². The minimum Gasteiger partial charge on any atom is -0.330 e. The van der Waals surface area contributed by atoms with Gasteiger partial charge >= 0.3 is 0 Å². The van der Waals surface area contributed by atoms with Crippen LogP contribution in [0.25, 0.3) is 0 Å². The predicted octanol–water partition coefficient (Wildman–Crippen LogP) is 3.72. The van der Waals surface area contributed by atoms with E-state index in [-0.39, 0.29) is 0 Å². The number of benzene rings is 1. The van der Waals surface area contributed by atoms with Crippen LogP contribution in [0.3, 0.4) is 0 Å². The Morgan fingerprint density at radius 2 is 1.87 bits per heavy atom. The van der Waals surface area contributed by atoms with Crippen molar-refractivity contribution in [3.8, 4) is 0 Å². The molecule has 0 aliphatic heterocycles. The van der Waals surface area contributed by atoms with Crippen molar-refractivity contribution in [3.05, 3.63) is 34.9 Å². The Bertz CT molecular complexity index is 320. The van der Waals surface area contributed by atoms with Crippen LogP contribution in [0.15, 0.2) is 24.3 Å². The Hall–Kier alpha value is -0.313. The molecular weight excluding hydrogens is 222 g/mol. The fraction of sp³-hybridized carbons (Fsp3) is 0.500. The summed E-state index contributed by atoms with van der Waals surface area (Å²) >= 11 is 6.19. The molecule has 15 heavy (non-hydrogen) atoms. The molecule has 0 heterocycles. The van der Waals surface area contributed by atoms with Crippen molar-refractivity contribution >= 4 is 19.7 Å². The molecule has 1 aromatic rings. The summed E-state index contributed by atoms with van der Waals surface area (Å²) in [6.07, 6.45) is 0. The first-order valence-electron chi connectivity index (χ1n) is 5.38. The summed E-state index contributed by atoms with van der Waals surface area (Å²) in [7, 11) is -1.09. The number of halogens is 1. The van der Waals surface area contributed by atoms with Gasteiger partial charge in [0.2, 0.25) is 0 Å². The van der Waals surface area contributed by atoms with Gasteiger partial charge in [0.1, 0.15) is 0 Å². The average Bonchev–Trinajstić information content (AvgIpc) is 2.14. The highest BCUT2D eigenvalue weighted by Gasteiger charge is 2.21.